The number of aliphatic imine (C=N–C) groups is 1. The molecule has 1 aromatic rings. The second kappa shape index (κ2) is 9.68. The van der Waals surface area contributed by atoms with Gasteiger partial charge in [0.15, 0.2) is 5.96 Å². The van der Waals surface area contributed by atoms with E-state index in [2.05, 4.69) is 25.2 Å². The molecule has 0 bridgehead atoms. The second-order valence-electron chi connectivity index (χ2n) is 7.42. The van der Waals surface area contributed by atoms with Crippen molar-refractivity contribution < 1.29 is 9.72 Å². The molecule has 1 amide bonds. The highest BCUT2D eigenvalue weighted by Gasteiger charge is 2.30. The SMILES string of the molecule is CN=C(NCCn1cc([N+](=O)[O-])cn1)N1CCN(C(C)C(=O)N2CCCC2)CC1. The number of guanidine groups is 1. The molecule has 1 N–H and O–H groups in total. The summed E-state index contributed by atoms with van der Waals surface area (Å²) >= 11 is 0. The molecule has 2 saturated heterocycles. The molecule has 3 heterocycles. The van der Waals surface area contributed by atoms with E-state index < -0.39 is 4.92 Å². The molecule has 0 saturated carbocycles. The van der Waals surface area contributed by atoms with Gasteiger partial charge < -0.3 is 15.1 Å². The number of piperazine rings is 1. The number of nitro groups is 1. The molecule has 0 spiro atoms. The fraction of sp³-hybridized carbons (Fsp3) is 0.722. The van der Waals surface area contributed by atoms with Crippen LogP contribution in [0.25, 0.3) is 0 Å². The van der Waals surface area contributed by atoms with Crippen LogP contribution in [-0.2, 0) is 11.3 Å². The summed E-state index contributed by atoms with van der Waals surface area (Å²) in [5, 5.41) is 18.0. The van der Waals surface area contributed by atoms with E-state index in [9.17, 15) is 14.9 Å². The maximum absolute atomic E-state index is 12.6. The zero-order valence-electron chi connectivity index (χ0n) is 17.2. The van der Waals surface area contributed by atoms with E-state index in [1.54, 1.807) is 11.7 Å². The van der Waals surface area contributed by atoms with E-state index in [0.717, 1.165) is 58.1 Å². The lowest BCUT2D eigenvalue weighted by Crippen LogP contribution is -2.57. The number of hydrogen-bond acceptors (Lipinski definition) is 6. The van der Waals surface area contributed by atoms with Gasteiger partial charge in [0.1, 0.15) is 12.4 Å². The van der Waals surface area contributed by atoms with Gasteiger partial charge in [0.25, 0.3) is 0 Å². The second-order valence-corrected chi connectivity index (χ2v) is 7.42. The molecule has 2 fully saturated rings. The molecule has 29 heavy (non-hydrogen) atoms. The number of amides is 1. The lowest BCUT2D eigenvalue weighted by atomic mass is 10.2. The fourth-order valence-corrected chi connectivity index (χ4v) is 3.86. The summed E-state index contributed by atoms with van der Waals surface area (Å²) in [5.74, 6) is 1.04. The van der Waals surface area contributed by atoms with Crippen LogP contribution in [0.1, 0.15) is 19.8 Å². The molecular weight excluding hydrogens is 376 g/mol. The Labute approximate surface area is 170 Å². The monoisotopic (exact) mass is 406 g/mol. The van der Waals surface area contributed by atoms with Crippen molar-refractivity contribution in [3.05, 3.63) is 22.5 Å². The Morgan fingerprint density at radius 1 is 1.24 bits per heavy atom. The van der Waals surface area contributed by atoms with Gasteiger partial charge in [-0.15, -0.1) is 0 Å². The van der Waals surface area contributed by atoms with Gasteiger partial charge in [-0.3, -0.25) is 29.5 Å². The Kier molecular flexibility index (Phi) is 7.02. The third-order valence-corrected chi connectivity index (χ3v) is 5.60. The van der Waals surface area contributed by atoms with Gasteiger partial charge in [-0.05, 0) is 19.8 Å². The topological polar surface area (TPSA) is 112 Å². The van der Waals surface area contributed by atoms with Crippen LogP contribution < -0.4 is 5.32 Å². The van der Waals surface area contributed by atoms with Crippen molar-refractivity contribution in [3.63, 3.8) is 0 Å². The number of rotatable bonds is 6. The van der Waals surface area contributed by atoms with Crippen LogP contribution in [0.15, 0.2) is 17.4 Å². The summed E-state index contributed by atoms with van der Waals surface area (Å²) < 4.78 is 1.54. The van der Waals surface area contributed by atoms with Crippen molar-refractivity contribution >= 4 is 17.6 Å². The van der Waals surface area contributed by atoms with Gasteiger partial charge in [-0.2, -0.15) is 5.10 Å². The lowest BCUT2D eigenvalue weighted by molar-refractivity contribution is -0.385. The average Bonchev–Trinajstić information content (AvgIpc) is 3.42. The van der Waals surface area contributed by atoms with E-state index in [1.807, 2.05) is 11.8 Å². The summed E-state index contributed by atoms with van der Waals surface area (Å²) in [4.78, 5) is 33.6. The molecule has 2 aliphatic rings. The summed E-state index contributed by atoms with van der Waals surface area (Å²) in [6, 6.07) is -0.0826. The molecule has 11 heteroatoms. The highest BCUT2D eigenvalue weighted by molar-refractivity contribution is 5.82. The maximum atomic E-state index is 12.6. The van der Waals surface area contributed by atoms with Crippen LogP contribution in [0.5, 0.6) is 0 Å². The van der Waals surface area contributed by atoms with Crippen molar-refractivity contribution in [3.8, 4) is 0 Å². The first kappa shape index (κ1) is 21.0. The molecule has 3 rings (SSSR count). The van der Waals surface area contributed by atoms with Crippen molar-refractivity contribution in [2.45, 2.75) is 32.4 Å². The Morgan fingerprint density at radius 3 is 2.52 bits per heavy atom. The maximum Gasteiger partial charge on any atom is 0.306 e. The van der Waals surface area contributed by atoms with E-state index in [-0.39, 0.29) is 17.6 Å². The van der Waals surface area contributed by atoms with E-state index in [1.165, 1.54) is 12.4 Å². The molecular formula is C18H30N8O3. The molecule has 0 radical (unpaired) electrons. The standard InChI is InChI=1S/C18H30N8O3/c1-15(17(27)23-6-3-4-7-23)22-9-11-24(12-10-22)18(19-2)20-5-8-25-14-16(13-21-25)26(28)29/h13-15H,3-12H2,1-2H3,(H,19,20). The minimum absolute atomic E-state index is 0.0110. The third-order valence-electron chi connectivity index (χ3n) is 5.60. The average molecular weight is 406 g/mol. The van der Waals surface area contributed by atoms with Crippen molar-refractivity contribution in [2.24, 2.45) is 4.99 Å². The van der Waals surface area contributed by atoms with Crippen molar-refractivity contribution in [2.75, 3.05) is 52.9 Å². The first-order valence-corrected chi connectivity index (χ1v) is 10.1. The molecule has 1 unspecified atom stereocenters. The van der Waals surface area contributed by atoms with Gasteiger partial charge in [0, 0.05) is 52.9 Å². The van der Waals surface area contributed by atoms with Crippen LogP contribution in [0.3, 0.4) is 0 Å². The Morgan fingerprint density at radius 2 is 1.93 bits per heavy atom. The quantitative estimate of drug-likeness (QED) is 0.306. The van der Waals surface area contributed by atoms with Gasteiger partial charge in [0.05, 0.1) is 17.5 Å². The molecule has 0 aromatic carbocycles. The lowest BCUT2D eigenvalue weighted by Gasteiger charge is -2.39. The molecule has 1 atom stereocenters. The highest BCUT2D eigenvalue weighted by atomic mass is 16.6. The van der Waals surface area contributed by atoms with Crippen LogP contribution in [0, 0.1) is 10.1 Å². The number of nitrogens with one attached hydrogen (secondary N) is 1. The fourth-order valence-electron chi connectivity index (χ4n) is 3.86. The normalized spacial score (nSPS) is 19.4. The Balaban J connectivity index is 1.43. The van der Waals surface area contributed by atoms with Gasteiger partial charge in [-0.1, -0.05) is 0 Å². The summed E-state index contributed by atoms with van der Waals surface area (Å²) in [5.41, 5.74) is -0.0110. The molecule has 160 valence electrons. The Hall–Kier alpha value is -2.69. The van der Waals surface area contributed by atoms with E-state index in [0.29, 0.717) is 13.1 Å². The van der Waals surface area contributed by atoms with Gasteiger partial charge in [-0.25, -0.2) is 0 Å². The molecule has 11 nitrogen and oxygen atoms in total. The van der Waals surface area contributed by atoms with E-state index in [4.69, 9.17) is 0 Å². The highest BCUT2D eigenvalue weighted by Crippen LogP contribution is 2.14. The van der Waals surface area contributed by atoms with Crippen LogP contribution in [-0.4, -0.2) is 100 Å². The predicted octanol–water partition coefficient (Wildman–Crippen LogP) is -0.00480. The van der Waals surface area contributed by atoms with Crippen LogP contribution in [0.4, 0.5) is 5.69 Å². The molecule has 2 aliphatic heterocycles. The zero-order valence-corrected chi connectivity index (χ0v) is 17.2. The van der Waals surface area contributed by atoms with Crippen LogP contribution in [0.2, 0.25) is 0 Å². The third kappa shape index (κ3) is 5.22. The largest absolute Gasteiger partial charge is 0.354 e. The van der Waals surface area contributed by atoms with Gasteiger partial charge in [0.2, 0.25) is 5.91 Å². The molecule has 0 aliphatic carbocycles. The minimum atomic E-state index is -0.454. The number of carbonyl (C=O) groups is 1. The first-order valence-electron chi connectivity index (χ1n) is 10.1. The predicted molar refractivity (Wildman–Crippen MR) is 109 cm³/mol. The van der Waals surface area contributed by atoms with Crippen molar-refractivity contribution in [1.29, 1.82) is 0 Å². The number of carbonyl (C=O) groups excluding carboxylic acids is 1. The van der Waals surface area contributed by atoms with Crippen LogP contribution >= 0.6 is 0 Å². The first-order chi connectivity index (χ1) is 14.0. The summed E-state index contributed by atoms with van der Waals surface area (Å²) in [6.45, 7) is 8.07. The smallest absolute Gasteiger partial charge is 0.306 e. The number of aromatic nitrogens is 2. The molecule has 1 aromatic heterocycles. The minimum Gasteiger partial charge on any atom is -0.354 e. The summed E-state index contributed by atoms with van der Waals surface area (Å²) in [6.07, 6.45) is 4.89. The Bertz CT molecular complexity index is 735. The van der Waals surface area contributed by atoms with Gasteiger partial charge >= 0.3 is 5.69 Å². The number of hydrogen-bond donors (Lipinski definition) is 1. The van der Waals surface area contributed by atoms with Crippen molar-refractivity contribution in [1.82, 2.24) is 29.8 Å². The zero-order chi connectivity index (χ0) is 20.8. The number of nitrogens with zero attached hydrogens (tertiary/aromatic N) is 7. The summed E-state index contributed by atoms with van der Waals surface area (Å²) in [7, 11) is 1.74. The number of likely N-dealkylation sites (tertiary alicyclic amines) is 1. The van der Waals surface area contributed by atoms with E-state index >= 15 is 0 Å².